The van der Waals surface area contributed by atoms with Crippen molar-refractivity contribution < 1.29 is 43.7 Å². The largest absolute Gasteiger partial charge is 0.481 e. The normalized spacial score (nSPS) is 22.9. The number of carbonyl (C=O) groups is 6. The van der Waals surface area contributed by atoms with Crippen molar-refractivity contribution in [2.24, 2.45) is 11.8 Å². The van der Waals surface area contributed by atoms with Crippen molar-refractivity contribution in [3.05, 3.63) is 130 Å². The van der Waals surface area contributed by atoms with Crippen molar-refractivity contribution in [1.29, 1.82) is 0 Å². The van der Waals surface area contributed by atoms with Gasteiger partial charge in [0.2, 0.25) is 11.8 Å². The lowest BCUT2D eigenvalue weighted by molar-refractivity contribution is -0.156. The van der Waals surface area contributed by atoms with Crippen LogP contribution in [0.15, 0.2) is 97.1 Å². The van der Waals surface area contributed by atoms with Gasteiger partial charge in [-0.1, -0.05) is 60.7 Å². The van der Waals surface area contributed by atoms with Crippen LogP contribution in [0.3, 0.4) is 0 Å². The maximum absolute atomic E-state index is 14.0. The topological polar surface area (TPSA) is 167 Å². The maximum Gasteiger partial charge on any atom is 0.325 e. The maximum atomic E-state index is 14.0. The minimum atomic E-state index is -2.27. The third-order valence-electron chi connectivity index (χ3n) is 9.11. The predicted molar refractivity (Wildman–Crippen MR) is 164 cm³/mol. The lowest BCUT2D eigenvalue weighted by Gasteiger charge is -2.30. The van der Waals surface area contributed by atoms with Gasteiger partial charge in [-0.05, 0) is 47.5 Å². The molecule has 0 saturated carbocycles. The Morgan fingerprint density at radius 2 is 1.32 bits per heavy atom. The highest BCUT2D eigenvalue weighted by molar-refractivity contribution is 6.28. The van der Waals surface area contributed by atoms with Crippen LogP contribution in [0.1, 0.15) is 55.4 Å². The van der Waals surface area contributed by atoms with Crippen LogP contribution in [0.25, 0.3) is 0 Å². The van der Waals surface area contributed by atoms with Crippen LogP contribution in [0.4, 0.5) is 0 Å². The Morgan fingerprint density at radius 3 is 1.96 bits per heavy atom. The summed E-state index contributed by atoms with van der Waals surface area (Å²) in [5.74, 6) is -6.92. The molecule has 11 heteroatoms. The number of ketones is 2. The van der Waals surface area contributed by atoms with Gasteiger partial charge in [-0.2, -0.15) is 0 Å². The smallest absolute Gasteiger partial charge is 0.325 e. The molecule has 2 saturated heterocycles. The molecule has 0 radical (unpaired) electrons. The minimum Gasteiger partial charge on any atom is -0.481 e. The molecule has 0 bridgehead atoms. The van der Waals surface area contributed by atoms with Crippen molar-refractivity contribution in [3.63, 3.8) is 0 Å². The highest BCUT2D eigenvalue weighted by Gasteiger charge is 2.69. The number of hydrogen-bond acceptors (Lipinski definition) is 8. The lowest BCUT2D eigenvalue weighted by Crippen LogP contribution is -2.56. The first kappa shape index (κ1) is 29.8. The number of amides is 2. The number of imide groups is 1. The summed E-state index contributed by atoms with van der Waals surface area (Å²) in [4.78, 5) is 80.0. The average Bonchev–Trinajstić information content (AvgIpc) is 3.53. The second kappa shape index (κ2) is 11.1. The molecule has 0 spiro atoms. The van der Waals surface area contributed by atoms with Gasteiger partial charge in [0.15, 0.2) is 11.6 Å². The molecule has 4 aromatic carbocycles. The Morgan fingerprint density at radius 1 is 0.723 bits per heavy atom. The van der Waals surface area contributed by atoms with Crippen LogP contribution >= 0.6 is 0 Å². The van der Waals surface area contributed by atoms with E-state index in [2.05, 4.69) is 5.32 Å². The number of hydrogen-bond donors (Lipinski definition) is 3. The fraction of sp³-hybridized carbons (Fsp3) is 0.167. The summed E-state index contributed by atoms with van der Waals surface area (Å²) in [6.45, 7) is -0.305. The number of carboxylic acid groups (broad SMARTS) is 2. The van der Waals surface area contributed by atoms with Gasteiger partial charge < -0.3 is 14.9 Å². The Kier molecular flexibility index (Phi) is 7.05. The summed E-state index contributed by atoms with van der Waals surface area (Å²) in [6.07, 6.45) is -0.947. The molecule has 4 atom stereocenters. The van der Waals surface area contributed by atoms with Gasteiger partial charge >= 0.3 is 11.9 Å². The summed E-state index contributed by atoms with van der Waals surface area (Å²) in [5, 5.41) is 23.0. The van der Waals surface area contributed by atoms with Gasteiger partial charge in [-0.15, -0.1) is 0 Å². The molecule has 2 amide bonds. The van der Waals surface area contributed by atoms with E-state index in [1.165, 1.54) is 18.2 Å². The van der Waals surface area contributed by atoms with Gasteiger partial charge in [0.1, 0.15) is 17.0 Å². The fourth-order valence-electron chi connectivity index (χ4n) is 6.97. The van der Waals surface area contributed by atoms with Crippen LogP contribution in [0, 0.1) is 11.8 Å². The van der Waals surface area contributed by atoms with E-state index < -0.39 is 53.6 Å². The number of aliphatic carboxylic acids is 2. The Labute approximate surface area is 267 Å². The highest BCUT2D eigenvalue weighted by Crippen LogP contribution is 2.50. The standard InChI is InChI=1S/C36H26N2O9/c39-27(40)17-36(35(45)46)29-28(30(37-36)20-11-13-22(14-12-20)47-21-6-2-1-3-7-21)33(43)38(34(29)44)18-19-10-15-25-26(16-19)32(42)24-9-5-4-8-23(24)31(25)41/h1-16,28-30,37H,17-18H2,(H,39,40)(H,45,46). The molecule has 4 unspecified atom stereocenters. The zero-order chi connectivity index (χ0) is 33.0. The number of fused-ring (bicyclic) bond motifs is 3. The molecule has 1 aliphatic carbocycles. The Hall–Kier alpha value is -5.94. The number of carbonyl (C=O) groups excluding carboxylic acids is 4. The number of carboxylic acids is 2. The number of benzene rings is 4. The van der Waals surface area contributed by atoms with Crippen LogP contribution in [-0.4, -0.2) is 56.0 Å². The van der Waals surface area contributed by atoms with Crippen molar-refractivity contribution in [2.75, 3.05) is 0 Å². The van der Waals surface area contributed by atoms with E-state index in [4.69, 9.17) is 4.74 Å². The fourth-order valence-corrected chi connectivity index (χ4v) is 6.97. The molecule has 0 aromatic heterocycles. The van der Waals surface area contributed by atoms with Crippen LogP contribution in [0.2, 0.25) is 0 Å². The van der Waals surface area contributed by atoms with Gasteiger partial charge in [-0.3, -0.25) is 39.0 Å². The number of nitrogens with zero attached hydrogens (tertiary/aromatic N) is 1. The highest BCUT2D eigenvalue weighted by atomic mass is 16.5. The summed E-state index contributed by atoms with van der Waals surface area (Å²) in [7, 11) is 0. The number of likely N-dealkylation sites (tertiary alicyclic amines) is 1. The van der Waals surface area contributed by atoms with Crippen LogP contribution in [0.5, 0.6) is 11.5 Å². The third kappa shape index (κ3) is 4.79. The number of para-hydroxylation sites is 1. The molecule has 4 aromatic rings. The summed E-state index contributed by atoms with van der Waals surface area (Å²) >= 11 is 0. The van der Waals surface area contributed by atoms with Gasteiger partial charge in [0, 0.05) is 28.3 Å². The molecule has 3 N–H and O–H groups in total. The quantitative estimate of drug-likeness (QED) is 0.213. The summed E-state index contributed by atoms with van der Waals surface area (Å²) in [5.41, 5.74) is -0.567. The molecular weight excluding hydrogens is 604 g/mol. The zero-order valence-electron chi connectivity index (χ0n) is 24.6. The van der Waals surface area contributed by atoms with E-state index in [1.807, 2.05) is 18.2 Å². The monoisotopic (exact) mass is 630 g/mol. The van der Waals surface area contributed by atoms with Crippen molar-refractivity contribution in [1.82, 2.24) is 10.2 Å². The van der Waals surface area contributed by atoms with E-state index in [0.717, 1.165) is 4.90 Å². The van der Waals surface area contributed by atoms with Gasteiger partial charge in [0.05, 0.1) is 24.8 Å². The second-order valence-electron chi connectivity index (χ2n) is 11.8. The van der Waals surface area contributed by atoms with Crippen LogP contribution in [-0.2, 0) is 25.7 Å². The molecular formula is C36H26N2O9. The minimum absolute atomic E-state index is 0.133. The molecule has 11 nitrogen and oxygen atoms in total. The zero-order valence-corrected chi connectivity index (χ0v) is 24.6. The van der Waals surface area contributed by atoms with E-state index in [0.29, 0.717) is 22.6 Å². The summed E-state index contributed by atoms with van der Waals surface area (Å²) in [6, 6.07) is 25.5. The molecule has 2 heterocycles. The lowest BCUT2D eigenvalue weighted by atomic mass is 9.77. The van der Waals surface area contributed by atoms with Crippen LogP contribution < -0.4 is 10.1 Å². The van der Waals surface area contributed by atoms with E-state index >= 15 is 0 Å². The molecule has 234 valence electrons. The van der Waals surface area contributed by atoms with Crippen molar-refractivity contribution >= 4 is 35.3 Å². The SMILES string of the molecule is O=C(O)CC1(C(=O)O)NC(c2ccc(Oc3ccccc3)cc2)C2C(=O)N(Cc3ccc4c(c3)C(=O)c3ccccc3C4=O)C(=O)C21. The van der Waals surface area contributed by atoms with E-state index in [9.17, 15) is 39.0 Å². The average molecular weight is 631 g/mol. The first-order valence-corrected chi connectivity index (χ1v) is 14.8. The third-order valence-corrected chi connectivity index (χ3v) is 9.11. The molecule has 3 aliphatic rings. The van der Waals surface area contributed by atoms with Crippen molar-refractivity contribution in [2.45, 2.75) is 24.5 Å². The molecule has 2 fully saturated rings. The molecule has 2 aliphatic heterocycles. The van der Waals surface area contributed by atoms with E-state index in [1.54, 1.807) is 60.7 Å². The van der Waals surface area contributed by atoms with E-state index in [-0.39, 0.29) is 40.4 Å². The number of rotatable bonds is 8. The number of nitrogens with one attached hydrogen (secondary N) is 1. The first-order valence-electron chi connectivity index (χ1n) is 14.8. The number of ether oxygens (including phenoxy) is 1. The molecule has 47 heavy (non-hydrogen) atoms. The Balaban J connectivity index is 1.22. The Bertz CT molecular complexity index is 2010. The first-order chi connectivity index (χ1) is 22.6. The predicted octanol–water partition coefficient (Wildman–Crippen LogP) is 4.00. The van der Waals surface area contributed by atoms with Gasteiger partial charge in [0.25, 0.3) is 0 Å². The second-order valence-corrected chi connectivity index (χ2v) is 11.8. The van der Waals surface area contributed by atoms with Gasteiger partial charge in [-0.25, -0.2) is 0 Å². The summed E-state index contributed by atoms with van der Waals surface area (Å²) < 4.78 is 5.84. The molecule has 7 rings (SSSR count). The van der Waals surface area contributed by atoms with Crippen molar-refractivity contribution in [3.8, 4) is 11.5 Å².